The topological polar surface area (TPSA) is 77.1 Å². The van der Waals surface area contributed by atoms with Gasteiger partial charge < -0.3 is 24.4 Å². The fourth-order valence-electron chi connectivity index (χ4n) is 4.39. The van der Waals surface area contributed by atoms with Crippen molar-refractivity contribution in [3.8, 4) is 17.2 Å². The van der Waals surface area contributed by atoms with Crippen LogP contribution in [0.25, 0.3) is 0 Å². The number of hydrogen-bond donors (Lipinski definition) is 1. The molecule has 0 saturated heterocycles. The number of hydrogen-bond acceptors (Lipinski definition) is 5. The molecule has 2 aromatic rings. The number of amides is 2. The summed E-state index contributed by atoms with van der Waals surface area (Å²) in [7, 11) is 3.08. The molecule has 0 spiro atoms. The summed E-state index contributed by atoms with van der Waals surface area (Å²) >= 11 is 12.5. The molecule has 2 amide bonds. The molecule has 1 atom stereocenters. The zero-order valence-electron chi connectivity index (χ0n) is 21.0. The first-order valence-electron chi connectivity index (χ1n) is 12.2. The normalized spacial score (nSPS) is 14.6. The van der Waals surface area contributed by atoms with E-state index in [1.807, 2.05) is 6.92 Å². The van der Waals surface area contributed by atoms with Crippen molar-refractivity contribution in [2.75, 3.05) is 20.8 Å². The van der Waals surface area contributed by atoms with Gasteiger partial charge in [0.1, 0.15) is 23.3 Å². The second kappa shape index (κ2) is 13.6. The maximum absolute atomic E-state index is 13.5. The van der Waals surface area contributed by atoms with Gasteiger partial charge in [0, 0.05) is 40.8 Å². The monoisotopic (exact) mass is 536 g/mol. The fourth-order valence-corrected chi connectivity index (χ4v) is 4.86. The van der Waals surface area contributed by atoms with Gasteiger partial charge in [-0.15, -0.1) is 0 Å². The average molecular weight is 537 g/mol. The molecule has 0 heterocycles. The van der Waals surface area contributed by atoms with Crippen LogP contribution in [-0.4, -0.2) is 49.6 Å². The summed E-state index contributed by atoms with van der Waals surface area (Å²) in [6.07, 6.45) is 5.75. The number of nitrogens with zero attached hydrogens (tertiary/aromatic N) is 1. The van der Waals surface area contributed by atoms with Crippen LogP contribution < -0.4 is 19.5 Å². The Kier molecular flexibility index (Phi) is 10.6. The Bertz CT molecular complexity index is 1020. The van der Waals surface area contributed by atoms with E-state index < -0.39 is 6.04 Å². The quantitative estimate of drug-likeness (QED) is 0.401. The Morgan fingerprint density at radius 2 is 1.64 bits per heavy atom. The molecule has 2 aromatic carbocycles. The van der Waals surface area contributed by atoms with Crippen molar-refractivity contribution < 1.29 is 23.8 Å². The molecule has 196 valence electrons. The minimum absolute atomic E-state index is 0.136. The molecule has 1 fully saturated rings. The first-order chi connectivity index (χ1) is 17.3. The van der Waals surface area contributed by atoms with Crippen LogP contribution in [0.4, 0.5) is 0 Å². The average Bonchev–Trinajstić information content (AvgIpc) is 2.88. The number of halogens is 2. The first-order valence-corrected chi connectivity index (χ1v) is 13.0. The highest BCUT2D eigenvalue weighted by molar-refractivity contribution is 6.35. The summed E-state index contributed by atoms with van der Waals surface area (Å²) in [6.45, 7) is 1.77. The van der Waals surface area contributed by atoms with E-state index in [9.17, 15) is 9.59 Å². The summed E-state index contributed by atoms with van der Waals surface area (Å²) in [5.74, 6) is 1.00. The number of carbonyl (C=O) groups excluding carboxylic acids is 2. The Hall–Kier alpha value is -2.64. The molecule has 1 aliphatic rings. The van der Waals surface area contributed by atoms with Crippen LogP contribution in [0.1, 0.15) is 51.0 Å². The van der Waals surface area contributed by atoms with Crippen LogP contribution in [-0.2, 0) is 16.1 Å². The van der Waals surface area contributed by atoms with Crippen molar-refractivity contribution in [2.45, 2.75) is 64.1 Å². The molecule has 0 bridgehead atoms. The Morgan fingerprint density at radius 1 is 1.00 bits per heavy atom. The predicted octanol–water partition coefficient (Wildman–Crippen LogP) is 5.65. The van der Waals surface area contributed by atoms with E-state index in [2.05, 4.69) is 5.32 Å². The summed E-state index contributed by atoms with van der Waals surface area (Å²) in [4.78, 5) is 28.4. The molecular weight excluding hydrogens is 503 g/mol. The lowest BCUT2D eigenvalue weighted by atomic mass is 9.95. The van der Waals surface area contributed by atoms with Crippen molar-refractivity contribution in [1.82, 2.24) is 10.2 Å². The molecule has 36 heavy (non-hydrogen) atoms. The second-order valence-corrected chi connectivity index (χ2v) is 9.71. The fraction of sp³-hybridized carbons (Fsp3) is 0.481. The molecule has 1 aliphatic carbocycles. The van der Waals surface area contributed by atoms with Crippen molar-refractivity contribution in [3.05, 3.63) is 52.0 Å². The smallest absolute Gasteiger partial charge is 0.261 e. The van der Waals surface area contributed by atoms with Gasteiger partial charge in [0.15, 0.2) is 6.61 Å². The zero-order valence-corrected chi connectivity index (χ0v) is 22.5. The summed E-state index contributed by atoms with van der Waals surface area (Å²) in [6, 6.07) is 9.63. The number of nitrogens with one attached hydrogen (secondary N) is 1. The highest BCUT2D eigenvalue weighted by atomic mass is 35.5. The lowest BCUT2D eigenvalue weighted by Crippen LogP contribution is -2.52. The molecule has 0 unspecified atom stereocenters. The van der Waals surface area contributed by atoms with Crippen molar-refractivity contribution in [3.63, 3.8) is 0 Å². The highest BCUT2D eigenvalue weighted by Gasteiger charge is 2.31. The van der Waals surface area contributed by atoms with Gasteiger partial charge in [0.25, 0.3) is 5.91 Å². The lowest BCUT2D eigenvalue weighted by molar-refractivity contribution is -0.143. The molecule has 0 radical (unpaired) electrons. The van der Waals surface area contributed by atoms with E-state index in [1.165, 1.54) is 25.5 Å². The van der Waals surface area contributed by atoms with Crippen molar-refractivity contribution >= 4 is 35.0 Å². The molecule has 0 aliphatic heterocycles. The largest absolute Gasteiger partial charge is 0.496 e. The summed E-state index contributed by atoms with van der Waals surface area (Å²) < 4.78 is 16.4. The number of carbonyl (C=O) groups is 2. The van der Waals surface area contributed by atoms with Gasteiger partial charge in [-0.2, -0.15) is 0 Å². The van der Waals surface area contributed by atoms with Crippen LogP contribution in [0, 0.1) is 0 Å². The van der Waals surface area contributed by atoms with Crippen molar-refractivity contribution in [2.24, 2.45) is 0 Å². The van der Waals surface area contributed by atoms with Gasteiger partial charge in [-0.1, -0.05) is 55.5 Å². The van der Waals surface area contributed by atoms with Crippen LogP contribution in [0.5, 0.6) is 17.2 Å². The third-order valence-corrected chi connectivity index (χ3v) is 6.97. The van der Waals surface area contributed by atoms with Gasteiger partial charge in [0.05, 0.1) is 14.2 Å². The number of ether oxygens (including phenoxy) is 3. The van der Waals surface area contributed by atoms with Crippen LogP contribution in [0.2, 0.25) is 10.0 Å². The molecule has 0 aromatic heterocycles. The van der Waals surface area contributed by atoms with Gasteiger partial charge in [-0.05, 0) is 37.0 Å². The zero-order chi connectivity index (χ0) is 26.1. The van der Waals surface area contributed by atoms with E-state index in [4.69, 9.17) is 37.4 Å². The Balaban J connectivity index is 1.81. The number of benzene rings is 2. The van der Waals surface area contributed by atoms with Crippen molar-refractivity contribution in [1.29, 1.82) is 0 Å². The maximum Gasteiger partial charge on any atom is 0.261 e. The van der Waals surface area contributed by atoms with E-state index >= 15 is 0 Å². The Morgan fingerprint density at radius 3 is 2.22 bits per heavy atom. The minimum Gasteiger partial charge on any atom is -0.496 e. The molecule has 3 rings (SSSR count). The van der Waals surface area contributed by atoms with Crippen LogP contribution in [0.15, 0.2) is 36.4 Å². The Labute approximate surface area is 223 Å². The molecular formula is C27H34Cl2N2O5. The maximum atomic E-state index is 13.5. The molecule has 1 saturated carbocycles. The predicted molar refractivity (Wildman–Crippen MR) is 141 cm³/mol. The highest BCUT2D eigenvalue weighted by Crippen LogP contribution is 2.28. The van der Waals surface area contributed by atoms with Gasteiger partial charge in [-0.25, -0.2) is 0 Å². The van der Waals surface area contributed by atoms with E-state index in [-0.39, 0.29) is 31.0 Å². The molecule has 7 nitrogen and oxygen atoms in total. The number of rotatable bonds is 11. The SMILES string of the molecule is CC[C@H](C(=O)NC1CCCCC1)N(Cc1ccc(Cl)cc1Cl)C(=O)COc1cc(OC)cc(OC)c1. The van der Waals surface area contributed by atoms with Gasteiger partial charge in [-0.3, -0.25) is 9.59 Å². The van der Waals surface area contributed by atoms with Gasteiger partial charge in [0.2, 0.25) is 5.91 Å². The minimum atomic E-state index is -0.672. The van der Waals surface area contributed by atoms with Crippen LogP contribution >= 0.6 is 23.2 Å². The molecule has 9 heteroatoms. The lowest BCUT2D eigenvalue weighted by Gasteiger charge is -2.33. The van der Waals surface area contributed by atoms with Gasteiger partial charge >= 0.3 is 0 Å². The number of methoxy groups -OCH3 is 2. The third kappa shape index (κ3) is 7.68. The standard InChI is InChI=1S/C27H34Cl2N2O5/c1-4-25(27(33)30-20-8-6-5-7-9-20)31(16-18-10-11-19(28)12-24(18)29)26(32)17-36-23-14-21(34-2)13-22(15-23)35-3/h10-15,20,25H,4-9,16-17H2,1-3H3,(H,30,33)/t25-/m1/s1. The third-order valence-electron chi connectivity index (χ3n) is 6.38. The van der Waals surface area contributed by atoms with E-state index in [0.29, 0.717) is 39.3 Å². The molecule has 1 N–H and O–H groups in total. The van der Waals surface area contributed by atoms with Crippen LogP contribution in [0.3, 0.4) is 0 Å². The van der Waals surface area contributed by atoms with E-state index in [1.54, 1.807) is 36.4 Å². The summed E-state index contributed by atoms with van der Waals surface area (Å²) in [5, 5.41) is 4.09. The first kappa shape index (κ1) is 27.9. The summed E-state index contributed by atoms with van der Waals surface area (Å²) in [5.41, 5.74) is 0.696. The second-order valence-electron chi connectivity index (χ2n) is 8.86. The van der Waals surface area contributed by atoms with E-state index in [0.717, 1.165) is 25.7 Å².